The van der Waals surface area contributed by atoms with E-state index >= 15 is 0 Å². The van der Waals surface area contributed by atoms with Gasteiger partial charge in [0.15, 0.2) is 5.75 Å². The van der Waals surface area contributed by atoms with E-state index in [1.807, 2.05) is 0 Å². The average Bonchev–Trinajstić information content (AvgIpc) is 2.27. The molecule has 1 N–H and O–H groups in total. The van der Waals surface area contributed by atoms with Crippen molar-refractivity contribution in [3.63, 3.8) is 0 Å². The fourth-order valence-electron chi connectivity index (χ4n) is 0.992. The molecule has 1 aromatic heterocycles. The first kappa shape index (κ1) is 11.0. The summed E-state index contributed by atoms with van der Waals surface area (Å²) in [4.78, 5) is 25.4. The molecule has 0 radical (unpaired) electrons. The summed E-state index contributed by atoms with van der Waals surface area (Å²) in [6.07, 6.45) is 1.16. The molecule has 0 bridgehead atoms. The number of hydrogen-bond acceptors (Lipinski definition) is 5. The van der Waals surface area contributed by atoms with Crippen molar-refractivity contribution in [2.24, 2.45) is 0 Å². The van der Waals surface area contributed by atoms with Crippen LogP contribution in [0.15, 0.2) is 12.3 Å². The third kappa shape index (κ3) is 2.22. The van der Waals surface area contributed by atoms with Crippen LogP contribution >= 0.6 is 0 Å². The van der Waals surface area contributed by atoms with Crippen LogP contribution in [-0.2, 0) is 4.74 Å². The number of nitrogens with zero attached hydrogens (tertiary/aromatic N) is 1. The van der Waals surface area contributed by atoms with Gasteiger partial charge in [-0.2, -0.15) is 0 Å². The monoisotopic (exact) mass is 211 g/mol. The Labute approximate surface area is 85.5 Å². The molecule has 0 aromatic carbocycles. The molecule has 0 amide bonds. The van der Waals surface area contributed by atoms with Gasteiger partial charge in [0.25, 0.3) is 0 Å². The number of aromatic carboxylic acids is 1. The highest BCUT2D eigenvalue weighted by atomic mass is 16.5. The zero-order valence-corrected chi connectivity index (χ0v) is 8.18. The first-order valence-corrected chi connectivity index (χ1v) is 3.95. The summed E-state index contributed by atoms with van der Waals surface area (Å²) >= 11 is 0. The second-order valence-electron chi connectivity index (χ2n) is 2.57. The predicted molar refractivity (Wildman–Crippen MR) is 49.1 cm³/mol. The van der Waals surface area contributed by atoms with Crippen molar-refractivity contribution in [2.45, 2.75) is 0 Å². The van der Waals surface area contributed by atoms with Gasteiger partial charge in [0, 0.05) is 0 Å². The summed E-state index contributed by atoms with van der Waals surface area (Å²) in [7, 11) is 2.55. The molecule has 6 heteroatoms. The molecule has 0 spiro atoms. The summed E-state index contributed by atoms with van der Waals surface area (Å²) in [5.74, 6) is -1.72. The third-order valence-electron chi connectivity index (χ3n) is 1.71. The van der Waals surface area contributed by atoms with Crippen molar-refractivity contribution >= 4 is 11.9 Å². The molecule has 80 valence electrons. The standard InChI is InChI=1S/C9H9NO5/c1-14-7-4-10-6(8(11)12)3-5(7)9(13)15-2/h3-4H,1-2H3,(H,11,12). The summed E-state index contributed by atoms with van der Waals surface area (Å²) in [6, 6.07) is 1.10. The minimum Gasteiger partial charge on any atom is -0.494 e. The normalized spacial score (nSPS) is 9.47. The van der Waals surface area contributed by atoms with Gasteiger partial charge < -0.3 is 14.6 Å². The van der Waals surface area contributed by atoms with Crippen molar-refractivity contribution in [3.8, 4) is 5.75 Å². The van der Waals surface area contributed by atoms with E-state index in [2.05, 4.69) is 9.72 Å². The molecule has 0 aliphatic heterocycles. The van der Waals surface area contributed by atoms with Crippen LogP contribution in [0.25, 0.3) is 0 Å². The molecule has 6 nitrogen and oxygen atoms in total. The van der Waals surface area contributed by atoms with Crippen LogP contribution in [0.5, 0.6) is 5.75 Å². The second kappa shape index (κ2) is 4.41. The molecule has 0 saturated carbocycles. The summed E-state index contributed by atoms with van der Waals surface area (Å²) in [6.45, 7) is 0. The Balaban J connectivity index is 3.25. The van der Waals surface area contributed by atoms with Crippen LogP contribution in [0.3, 0.4) is 0 Å². The highest BCUT2D eigenvalue weighted by Gasteiger charge is 2.16. The minimum atomic E-state index is -1.22. The van der Waals surface area contributed by atoms with E-state index in [1.165, 1.54) is 14.2 Å². The molecular formula is C9H9NO5. The molecule has 0 saturated heterocycles. The van der Waals surface area contributed by atoms with Gasteiger partial charge in [-0.3, -0.25) is 0 Å². The Hall–Kier alpha value is -2.11. The first-order valence-electron chi connectivity index (χ1n) is 3.95. The lowest BCUT2D eigenvalue weighted by Gasteiger charge is -2.06. The minimum absolute atomic E-state index is 0.0346. The highest BCUT2D eigenvalue weighted by Crippen LogP contribution is 2.18. The molecule has 0 aliphatic rings. The van der Waals surface area contributed by atoms with E-state index in [9.17, 15) is 9.59 Å². The zero-order valence-electron chi connectivity index (χ0n) is 8.18. The number of esters is 1. The molecule has 1 aromatic rings. The number of carboxylic acid groups (broad SMARTS) is 1. The molecule has 1 rings (SSSR count). The number of pyridine rings is 1. The van der Waals surface area contributed by atoms with Crippen LogP contribution in [0, 0.1) is 0 Å². The van der Waals surface area contributed by atoms with Gasteiger partial charge in [0.05, 0.1) is 20.4 Å². The van der Waals surface area contributed by atoms with Gasteiger partial charge >= 0.3 is 11.9 Å². The van der Waals surface area contributed by atoms with Crippen molar-refractivity contribution in [1.82, 2.24) is 4.98 Å². The summed E-state index contributed by atoms with van der Waals surface area (Å²) in [5.41, 5.74) is -0.205. The van der Waals surface area contributed by atoms with Gasteiger partial charge in [0.2, 0.25) is 0 Å². The second-order valence-corrected chi connectivity index (χ2v) is 2.57. The maximum atomic E-state index is 11.2. The molecular weight excluding hydrogens is 202 g/mol. The number of rotatable bonds is 3. The Morgan fingerprint density at radius 2 is 2.07 bits per heavy atom. The van der Waals surface area contributed by atoms with Gasteiger partial charge in [-0.15, -0.1) is 0 Å². The molecule has 0 fully saturated rings. The van der Waals surface area contributed by atoms with E-state index in [0.717, 1.165) is 12.3 Å². The fourth-order valence-corrected chi connectivity index (χ4v) is 0.992. The number of carbonyl (C=O) groups excluding carboxylic acids is 1. The Morgan fingerprint density at radius 3 is 2.53 bits per heavy atom. The van der Waals surface area contributed by atoms with Crippen LogP contribution in [0.2, 0.25) is 0 Å². The van der Waals surface area contributed by atoms with Gasteiger partial charge in [0.1, 0.15) is 11.3 Å². The predicted octanol–water partition coefficient (Wildman–Crippen LogP) is 0.575. The Bertz CT molecular complexity index is 401. The van der Waals surface area contributed by atoms with E-state index in [-0.39, 0.29) is 17.0 Å². The number of aromatic nitrogens is 1. The Kier molecular flexibility index (Phi) is 3.22. The zero-order chi connectivity index (χ0) is 11.4. The van der Waals surface area contributed by atoms with Gasteiger partial charge in [-0.05, 0) is 6.07 Å². The molecule has 0 aliphatic carbocycles. The van der Waals surface area contributed by atoms with Crippen molar-refractivity contribution in [3.05, 3.63) is 23.5 Å². The molecule has 1 heterocycles. The van der Waals surface area contributed by atoms with E-state index in [0.29, 0.717) is 0 Å². The molecule has 0 unspecified atom stereocenters. The fraction of sp³-hybridized carbons (Fsp3) is 0.222. The lowest BCUT2D eigenvalue weighted by atomic mass is 10.2. The van der Waals surface area contributed by atoms with Crippen molar-refractivity contribution < 1.29 is 24.2 Å². The molecule has 15 heavy (non-hydrogen) atoms. The largest absolute Gasteiger partial charge is 0.494 e. The lowest BCUT2D eigenvalue weighted by Crippen LogP contribution is -2.08. The molecule has 0 atom stereocenters. The first-order chi connectivity index (χ1) is 7.10. The number of carboxylic acids is 1. The van der Waals surface area contributed by atoms with Crippen LogP contribution < -0.4 is 4.74 Å². The van der Waals surface area contributed by atoms with E-state index in [1.54, 1.807) is 0 Å². The summed E-state index contributed by atoms with van der Waals surface area (Å²) < 4.78 is 9.32. The maximum Gasteiger partial charge on any atom is 0.354 e. The number of hydrogen-bond donors (Lipinski definition) is 1. The topological polar surface area (TPSA) is 85.7 Å². The van der Waals surface area contributed by atoms with E-state index < -0.39 is 11.9 Å². The maximum absolute atomic E-state index is 11.2. The SMILES string of the molecule is COC(=O)c1cc(C(=O)O)ncc1OC. The average molecular weight is 211 g/mol. The number of carbonyl (C=O) groups is 2. The smallest absolute Gasteiger partial charge is 0.354 e. The van der Waals surface area contributed by atoms with Crippen molar-refractivity contribution in [2.75, 3.05) is 14.2 Å². The van der Waals surface area contributed by atoms with Crippen LogP contribution in [0.4, 0.5) is 0 Å². The van der Waals surface area contributed by atoms with Crippen LogP contribution in [0.1, 0.15) is 20.8 Å². The highest BCUT2D eigenvalue weighted by molar-refractivity contribution is 5.95. The lowest BCUT2D eigenvalue weighted by molar-refractivity contribution is 0.0597. The number of ether oxygens (including phenoxy) is 2. The summed E-state index contributed by atoms with van der Waals surface area (Å²) in [5, 5.41) is 8.67. The van der Waals surface area contributed by atoms with Gasteiger partial charge in [-0.25, -0.2) is 14.6 Å². The Morgan fingerprint density at radius 1 is 1.40 bits per heavy atom. The van der Waals surface area contributed by atoms with Crippen molar-refractivity contribution in [1.29, 1.82) is 0 Å². The van der Waals surface area contributed by atoms with E-state index in [4.69, 9.17) is 9.84 Å². The third-order valence-corrected chi connectivity index (χ3v) is 1.71. The van der Waals surface area contributed by atoms with Crippen LogP contribution in [-0.4, -0.2) is 36.2 Å². The number of methoxy groups -OCH3 is 2. The van der Waals surface area contributed by atoms with Gasteiger partial charge in [-0.1, -0.05) is 0 Å². The quantitative estimate of drug-likeness (QED) is 0.736.